The molecule has 0 unspecified atom stereocenters. The molecular formula is C22H20O4S. The number of aryl methyl sites for hydroxylation is 2. The lowest BCUT2D eigenvalue weighted by molar-refractivity contribution is 0.151. The molecule has 0 radical (unpaired) electrons. The second kappa shape index (κ2) is 6.22. The van der Waals surface area contributed by atoms with Gasteiger partial charge in [-0.15, -0.1) is 0 Å². The molecule has 0 N–H and O–H groups in total. The molecule has 0 aliphatic carbocycles. The predicted octanol–water partition coefficient (Wildman–Crippen LogP) is 4.68. The molecule has 4 nitrogen and oxygen atoms in total. The van der Waals surface area contributed by atoms with Crippen LogP contribution in [0.1, 0.15) is 27.8 Å². The largest absolute Gasteiger partial charge is 0.456 e. The summed E-state index contributed by atoms with van der Waals surface area (Å²) in [6.45, 7) is 3.94. The third-order valence-corrected chi connectivity index (χ3v) is 5.26. The lowest BCUT2D eigenvalue weighted by Gasteiger charge is -2.39. The second-order valence-corrected chi connectivity index (χ2v) is 8.51. The highest BCUT2D eigenvalue weighted by Gasteiger charge is 2.47. The first-order valence-electron chi connectivity index (χ1n) is 8.66. The van der Waals surface area contributed by atoms with Gasteiger partial charge in [-0.25, -0.2) is 4.18 Å². The van der Waals surface area contributed by atoms with Crippen LogP contribution >= 0.6 is 0 Å². The average Bonchev–Trinajstić information content (AvgIpc) is 2.60. The van der Waals surface area contributed by atoms with Crippen molar-refractivity contribution in [1.82, 2.24) is 0 Å². The summed E-state index contributed by atoms with van der Waals surface area (Å²) >= 11 is 0. The standard InChI is InChI=1S/C22H20O4S/c1-15-9-11-18-20(13-15)25-21-14-16(2)10-12-19(21)22(18,26-27(3,23)24)17-7-5-4-6-8-17/h4-14H,1-3H3. The first kappa shape index (κ1) is 17.8. The minimum absolute atomic E-state index is 0.598. The van der Waals surface area contributed by atoms with Crippen LogP contribution in [0.25, 0.3) is 0 Å². The van der Waals surface area contributed by atoms with E-state index in [2.05, 4.69) is 0 Å². The van der Waals surface area contributed by atoms with E-state index >= 15 is 0 Å². The van der Waals surface area contributed by atoms with E-state index in [1.807, 2.05) is 80.6 Å². The Hall–Kier alpha value is -2.63. The van der Waals surface area contributed by atoms with Crippen molar-refractivity contribution >= 4 is 10.1 Å². The van der Waals surface area contributed by atoms with Crippen LogP contribution in [0.3, 0.4) is 0 Å². The van der Waals surface area contributed by atoms with Crippen LogP contribution in [-0.2, 0) is 19.9 Å². The number of rotatable bonds is 3. The Balaban J connectivity index is 2.14. The van der Waals surface area contributed by atoms with E-state index in [-0.39, 0.29) is 0 Å². The highest BCUT2D eigenvalue weighted by atomic mass is 32.2. The highest BCUT2D eigenvalue weighted by Crippen LogP contribution is 2.53. The lowest BCUT2D eigenvalue weighted by atomic mass is 9.77. The van der Waals surface area contributed by atoms with Gasteiger partial charge in [-0.05, 0) is 42.7 Å². The van der Waals surface area contributed by atoms with E-state index in [1.165, 1.54) is 0 Å². The van der Waals surface area contributed by atoms with Crippen LogP contribution in [0, 0.1) is 13.8 Å². The molecule has 3 aromatic rings. The number of ether oxygens (including phenoxy) is 1. The third-order valence-electron chi connectivity index (χ3n) is 4.71. The van der Waals surface area contributed by atoms with E-state index in [9.17, 15) is 8.42 Å². The summed E-state index contributed by atoms with van der Waals surface area (Å²) < 4.78 is 36.8. The van der Waals surface area contributed by atoms with Gasteiger partial charge in [-0.1, -0.05) is 54.6 Å². The van der Waals surface area contributed by atoms with Gasteiger partial charge >= 0.3 is 0 Å². The van der Waals surface area contributed by atoms with Crippen LogP contribution < -0.4 is 4.74 Å². The number of hydrogen-bond acceptors (Lipinski definition) is 4. The molecule has 1 aliphatic rings. The Labute approximate surface area is 159 Å². The Bertz CT molecular complexity index is 1070. The molecule has 0 amide bonds. The first-order valence-corrected chi connectivity index (χ1v) is 10.5. The normalized spacial score (nSPS) is 14.8. The average molecular weight is 380 g/mol. The molecule has 1 heterocycles. The fraction of sp³-hybridized carbons (Fsp3) is 0.182. The van der Waals surface area contributed by atoms with E-state index in [0.29, 0.717) is 22.6 Å². The summed E-state index contributed by atoms with van der Waals surface area (Å²) in [5.41, 5.74) is 2.80. The zero-order valence-electron chi connectivity index (χ0n) is 15.4. The molecule has 0 bridgehead atoms. The van der Waals surface area contributed by atoms with Gasteiger partial charge in [0, 0.05) is 11.1 Å². The summed E-state index contributed by atoms with van der Waals surface area (Å²) in [6, 6.07) is 20.8. The maximum Gasteiger partial charge on any atom is 0.265 e. The number of hydrogen-bond donors (Lipinski definition) is 0. The molecule has 3 aromatic carbocycles. The van der Waals surface area contributed by atoms with Crippen molar-refractivity contribution in [2.45, 2.75) is 19.4 Å². The van der Waals surface area contributed by atoms with Crippen molar-refractivity contribution in [2.75, 3.05) is 6.26 Å². The van der Waals surface area contributed by atoms with E-state index in [4.69, 9.17) is 8.92 Å². The fourth-order valence-corrected chi connectivity index (χ4v) is 4.35. The van der Waals surface area contributed by atoms with Gasteiger partial charge < -0.3 is 4.74 Å². The Morgan fingerprint density at radius 1 is 0.815 bits per heavy atom. The van der Waals surface area contributed by atoms with Crippen molar-refractivity contribution in [1.29, 1.82) is 0 Å². The monoisotopic (exact) mass is 380 g/mol. The molecular weight excluding hydrogens is 360 g/mol. The summed E-state index contributed by atoms with van der Waals surface area (Å²) in [7, 11) is -3.79. The van der Waals surface area contributed by atoms with Crippen molar-refractivity contribution < 1.29 is 17.3 Å². The summed E-state index contributed by atoms with van der Waals surface area (Å²) in [4.78, 5) is 0. The molecule has 0 aromatic heterocycles. The van der Waals surface area contributed by atoms with E-state index in [1.54, 1.807) is 0 Å². The topological polar surface area (TPSA) is 52.6 Å². The molecule has 138 valence electrons. The van der Waals surface area contributed by atoms with Crippen molar-refractivity contribution in [3.05, 3.63) is 94.5 Å². The maximum absolute atomic E-state index is 12.4. The molecule has 27 heavy (non-hydrogen) atoms. The molecule has 0 spiro atoms. The second-order valence-electron chi connectivity index (χ2n) is 6.94. The van der Waals surface area contributed by atoms with Crippen LogP contribution in [0.5, 0.6) is 11.5 Å². The van der Waals surface area contributed by atoms with Gasteiger partial charge in [0.15, 0.2) is 5.60 Å². The quantitative estimate of drug-likeness (QED) is 0.619. The van der Waals surface area contributed by atoms with Gasteiger partial charge in [0.2, 0.25) is 0 Å². The predicted molar refractivity (Wildman–Crippen MR) is 105 cm³/mol. The van der Waals surface area contributed by atoms with Crippen LogP contribution in [-0.4, -0.2) is 14.7 Å². The van der Waals surface area contributed by atoms with Gasteiger partial charge in [0.1, 0.15) is 11.5 Å². The van der Waals surface area contributed by atoms with Crippen LogP contribution in [0.15, 0.2) is 66.7 Å². The minimum Gasteiger partial charge on any atom is -0.456 e. The zero-order chi connectivity index (χ0) is 19.2. The maximum atomic E-state index is 12.4. The zero-order valence-corrected chi connectivity index (χ0v) is 16.2. The molecule has 0 saturated heterocycles. The Kier molecular flexibility index (Phi) is 4.09. The molecule has 4 rings (SSSR count). The summed E-state index contributed by atoms with van der Waals surface area (Å²) in [5.74, 6) is 1.20. The first-order chi connectivity index (χ1) is 12.8. The minimum atomic E-state index is -3.79. The van der Waals surface area contributed by atoms with Gasteiger partial charge in [0.05, 0.1) is 6.26 Å². The van der Waals surface area contributed by atoms with Crippen molar-refractivity contribution in [2.24, 2.45) is 0 Å². The smallest absolute Gasteiger partial charge is 0.265 e. The van der Waals surface area contributed by atoms with E-state index < -0.39 is 15.7 Å². The Morgan fingerprint density at radius 2 is 1.33 bits per heavy atom. The van der Waals surface area contributed by atoms with E-state index in [0.717, 1.165) is 22.9 Å². The molecule has 0 atom stereocenters. The summed E-state index contributed by atoms with van der Waals surface area (Å²) in [6.07, 6.45) is 1.08. The lowest BCUT2D eigenvalue weighted by Crippen LogP contribution is -2.37. The van der Waals surface area contributed by atoms with Crippen LogP contribution in [0.4, 0.5) is 0 Å². The summed E-state index contributed by atoms with van der Waals surface area (Å²) in [5, 5.41) is 0. The number of fused-ring (bicyclic) bond motifs is 2. The van der Waals surface area contributed by atoms with Gasteiger partial charge in [0.25, 0.3) is 10.1 Å². The van der Waals surface area contributed by atoms with Gasteiger partial charge in [-0.2, -0.15) is 8.42 Å². The third kappa shape index (κ3) is 3.03. The SMILES string of the molecule is Cc1ccc2c(c1)Oc1cc(C)ccc1C2(OS(C)(=O)=O)c1ccccc1. The van der Waals surface area contributed by atoms with Crippen molar-refractivity contribution in [3.8, 4) is 11.5 Å². The molecule has 0 saturated carbocycles. The molecule has 1 aliphatic heterocycles. The van der Waals surface area contributed by atoms with Gasteiger partial charge in [-0.3, -0.25) is 0 Å². The highest BCUT2D eigenvalue weighted by molar-refractivity contribution is 7.86. The Morgan fingerprint density at radius 3 is 1.81 bits per heavy atom. The van der Waals surface area contributed by atoms with Crippen LogP contribution in [0.2, 0.25) is 0 Å². The molecule has 0 fully saturated rings. The van der Waals surface area contributed by atoms with Crippen molar-refractivity contribution in [3.63, 3.8) is 0 Å². The fourth-order valence-electron chi connectivity index (χ4n) is 3.62. The number of benzene rings is 3. The molecule has 5 heteroatoms.